The van der Waals surface area contributed by atoms with E-state index in [0.717, 1.165) is 32.4 Å². The molecule has 0 aliphatic carbocycles. The van der Waals surface area contributed by atoms with Gasteiger partial charge in [-0.05, 0) is 32.1 Å². The van der Waals surface area contributed by atoms with Crippen LogP contribution in [0.4, 0.5) is 0 Å². The number of nitrogens with zero attached hydrogens (tertiary/aromatic N) is 1. The van der Waals surface area contributed by atoms with E-state index in [2.05, 4.69) is 18.7 Å². The summed E-state index contributed by atoms with van der Waals surface area (Å²) in [5, 5.41) is 0. The van der Waals surface area contributed by atoms with E-state index in [4.69, 9.17) is 5.73 Å². The molecule has 1 aliphatic rings. The Bertz CT molecular complexity index is 266. The summed E-state index contributed by atoms with van der Waals surface area (Å²) in [7, 11) is 0. The van der Waals surface area contributed by atoms with Crippen molar-refractivity contribution in [3.8, 4) is 0 Å². The first kappa shape index (κ1) is 17.5. The Balaban J connectivity index is 2.10. The Morgan fingerprint density at radius 3 is 2.50 bits per heavy atom. The second kappa shape index (κ2) is 10.2. The number of carbonyl (C=O) groups excluding carboxylic acids is 1. The van der Waals surface area contributed by atoms with Crippen LogP contribution in [0.3, 0.4) is 0 Å². The molecule has 0 bridgehead atoms. The summed E-state index contributed by atoms with van der Waals surface area (Å²) in [6.45, 7) is 6.13. The predicted molar refractivity (Wildman–Crippen MR) is 85.6 cm³/mol. The number of rotatable bonds is 9. The molecule has 1 fully saturated rings. The zero-order valence-corrected chi connectivity index (χ0v) is 13.6. The maximum absolute atomic E-state index is 12.2. The van der Waals surface area contributed by atoms with Crippen molar-refractivity contribution in [2.75, 3.05) is 13.1 Å². The molecule has 20 heavy (non-hydrogen) atoms. The summed E-state index contributed by atoms with van der Waals surface area (Å²) >= 11 is 0. The van der Waals surface area contributed by atoms with E-state index >= 15 is 0 Å². The average molecular weight is 282 g/mol. The van der Waals surface area contributed by atoms with Gasteiger partial charge in [0.05, 0.1) is 0 Å². The number of hydrogen-bond donors (Lipinski definition) is 1. The lowest BCUT2D eigenvalue weighted by molar-refractivity contribution is -0.133. The van der Waals surface area contributed by atoms with Crippen LogP contribution < -0.4 is 5.73 Å². The van der Waals surface area contributed by atoms with Gasteiger partial charge in [-0.25, -0.2) is 0 Å². The van der Waals surface area contributed by atoms with Crippen LogP contribution >= 0.6 is 0 Å². The molecule has 1 heterocycles. The first-order valence-electron chi connectivity index (χ1n) is 8.68. The van der Waals surface area contributed by atoms with Crippen molar-refractivity contribution in [2.24, 2.45) is 11.7 Å². The van der Waals surface area contributed by atoms with Gasteiger partial charge in [0.15, 0.2) is 0 Å². The van der Waals surface area contributed by atoms with Crippen molar-refractivity contribution in [1.82, 2.24) is 4.90 Å². The monoisotopic (exact) mass is 282 g/mol. The first-order valence-corrected chi connectivity index (χ1v) is 8.68. The van der Waals surface area contributed by atoms with Gasteiger partial charge in [0.1, 0.15) is 0 Å². The summed E-state index contributed by atoms with van der Waals surface area (Å²) in [5.41, 5.74) is 5.97. The molecule has 0 aromatic heterocycles. The summed E-state index contributed by atoms with van der Waals surface area (Å²) in [4.78, 5) is 14.2. The molecule has 1 amide bonds. The zero-order valence-electron chi connectivity index (χ0n) is 13.6. The standard InChI is InChI=1S/C17H34N2O/c1-3-4-5-6-7-8-9-12-17(20)19-13-10-11-16(14-19)15(2)18/h15-16H,3-14,18H2,1-2H3. The molecule has 0 radical (unpaired) electrons. The van der Waals surface area contributed by atoms with Gasteiger partial charge in [-0.3, -0.25) is 4.79 Å². The molecule has 2 atom stereocenters. The molecule has 2 unspecified atom stereocenters. The molecule has 0 aromatic carbocycles. The molecule has 0 saturated carbocycles. The van der Waals surface area contributed by atoms with E-state index in [1.165, 1.54) is 44.9 Å². The van der Waals surface area contributed by atoms with Crippen molar-refractivity contribution in [3.63, 3.8) is 0 Å². The van der Waals surface area contributed by atoms with Gasteiger partial charge in [-0.15, -0.1) is 0 Å². The fourth-order valence-corrected chi connectivity index (χ4v) is 3.06. The molecule has 1 aliphatic heterocycles. The summed E-state index contributed by atoms with van der Waals surface area (Å²) < 4.78 is 0. The van der Waals surface area contributed by atoms with Crippen LogP contribution in [-0.4, -0.2) is 29.9 Å². The van der Waals surface area contributed by atoms with E-state index in [-0.39, 0.29) is 6.04 Å². The highest BCUT2D eigenvalue weighted by Gasteiger charge is 2.25. The normalized spacial score (nSPS) is 20.9. The Hall–Kier alpha value is -0.570. The van der Waals surface area contributed by atoms with Gasteiger partial charge in [0.25, 0.3) is 0 Å². The van der Waals surface area contributed by atoms with Crippen LogP contribution in [0.25, 0.3) is 0 Å². The lowest BCUT2D eigenvalue weighted by Crippen LogP contribution is -2.44. The highest BCUT2D eigenvalue weighted by Crippen LogP contribution is 2.20. The van der Waals surface area contributed by atoms with Crippen LogP contribution in [0.1, 0.15) is 78.1 Å². The van der Waals surface area contributed by atoms with Gasteiger partial charge >= 0.3 is 0 Å². The second-order valence-corrected chi connectivity index (χ2v) is 6.47. The van der Waals surface area contributed by atoms with Crippen molar-refractivity contribution < 1.29 is 4.79 Å². The molecule has 118 valence electrons. The second-order valence-electron chi connectivity index (χ2n) is 6.47. The highest BCUT2D eigenvalue weighted by atomic mass is 16.2. The minimum atomic E-state index is 0.212. The summed E-state index contributed by atoms with van der Waals surface area (Å²) in [6, 6.07) is 0.212. The van der Waals surface area contributed by atoms with Gasteiger partial charge in [0, 0.05) is 25.6 Å². The smallest absolute Gasteiger partial charge is 0.222 e. The maximum Gasteiger partial charge on any atom is 0.222 e. The van der Waals surface area contributed by atoms with Crippen LogP contribution in [-0.2, 0) is 4.79 Å². The van der Waals surface area contributed by atoms with E-state index in [9.17, 15) is 4.79 Å². The van der Waals surface area contributed by atoms with Gasteiger partial charge in [-0.2, -0.15) is 0 Å². The lowest BCUT2D eigenvalue weighted by Gasteiger charge is -2.34. The van der Waals surface area contributed by atoms with E-state index in [1.54, 1.807) is 0 Å². The third kappa shape index (κ3) is 6.74. The Kier molecular flexibility index (Phi) is 8.92. The Labute approximate surface area is 125 Å². The van der Waals surface area contributed by atoms with Crippen LogP contribution in [0.15, 0.2) is 0 Å². The summed E-state index contributed by atoms with van der Waals surface area (Å²) in [5.74, 6) is 0.852. The molecule has 1 saturated heterocycles. The number of piperidine rings is 1. The largest absolute Gasteiger partial charge is 0.342 e. The van der Waals surface area contributed by atoms with Crippen molar-refractivity contribution in [3.05, 3.63) is 0 Å². The third-order valence-electron chi connectivity index (χ3n) is 4.55. The van der Waals surface area contributed by atoms with Gasteiger partial charge < -0.3 is 10.6 Å². The molecule has 3 nitrogen and oxygen atoms in total. The zero-order chi connectivity index (χ0) is 14.8. The minimum Gasteiger partial charge on any atom is -0.342 e. The third-order valence-corrected chi connectivity index (χ3v) is 4.55. The number of likely N-dealkylation sites (tertiary alicyclic amines) is 1. The fraction of sp³-hybridized carbons (Fsp3) is 0.941. The Morgan fingerprint density at radius 2 is 1.85 bits per heavy atom. The quantitative estimate of drug-likeness (QED) is 0.655. The molecule has 3 heteroatoms. The fourth-order valence-electron chi connectivity index (χ4n) is 3.06. The number of amides is 1. The predicted octanol–water partition coefficient (Wildman–Crippen LogP) is 3.71. The molecule has 0 aromatic rings. The van der Waals surface area contributed by atoms with Crippen LogP contribution in [0.2, 0.25) is 0 Å². The number of carbonyl (C=O) groups is 1. The molecule has 1 rings (SSSR count). The molecular weight excluding hydrogens is 248 g/mol. The maximum atomic E-state index is 12.2. The average Bonchev–Trinajstić information content (AvgIpc) is 2.46. The topological polar surface area (TPSA) is 46.3 Å². The van der Waals surface area contributed by atoms with E-state index < -0.39 is 0 Å². The van der Waals surface area contributed by atoms with E-state index in [0.29, 0.717) is 11.8 Å². The summed E-state index contributed by atoms with van der Waals surface area (Å²) in [6.07, 6.45) is 11.9. The van der Waals surface area contributed by atoms with Crippen molar-refractivity contribution in [1.29, 1.82) is 0 Å². The molecule has 0 spiro atoms. The number of nitrogens with two attached hydrogens (primary N) is 1. The lowest BCUT2D eigenvalue weighted by atomic mass is 9.92. The highest BCUT2D eigenvalue weighted by molar-refractivity contribution is 5.76. The van der Waals surface area contributed by atoms with Crippen molar-refractivity contribution in [2.45, 2.75) is 84.1 Å². The molecular formula is C17H34N2O. The molecule has 2 N–H and O–H groups in total. The minimum absolute atomic E-state index is 0.212. The van der Waals surface area contributed by atoms with E-state index in [1.807, 2.05) is 0 Å². The van der Waals surface area contributed by atoms with Gasteiger partial charge in [-0.1, -0.05) is 45.4 Å². The number of hydrogen-bond acceptors (Lipinski definition) is 2. The first-order chi connectivity index (χ1) is 9.65. The number of unbranched alkanes of at least 4 members (excludes halogenated alkanes) is 6. The van der Waals surface area contributed by atoms with Gasteiger partial charge in [0.2, 0.25) is 5.91 Å². The Morgan fingerprint density at radius 1 is 1.20 bits per heavy atom. The van der Waals surface area contributed by atoms with Crippen molar-refractivity contribution >= 4 is 5.91 Å². The van der Waals surface area contributed by atoms with Crippen LogP contribution in [0.5, 0.6) is 0 Å². The SMILES string of the molecule is CCCCCCCCCC(=O)N1CCCC(C(C)N)C1. The van der Waals surface area contributed by atoms with Crippen LogP contribution in [0, 0.1) is 5.92 Å².